The van der Waals surface area contributed by atoms with Gasteiger partial charge in [0.25, 0.3) is 0 Å². The molecule has 0 saturated carbocycles. The molecule has 3 heteroatoms. The molecule has 2 aromatic rings. The molecular weight excluding hydrogens is 192 g/mol. The zero-order valence-electron chi connectivity index (χ0n) is 7.47. The molecule has 1 aliphatic heterocycles. The Bertz CT molecular complexity index is 537. The number of hydrogen-bond donors (Lipinski definition) is 0. The van der Waals surface area contributed by atoms with Gasteiger partial charge in [0, 0.05) is 18.0 Å². The first-order valence-electron chi connectivity index (χ1n) is 4.49. The van der Waals surface area contributed by atoms with Crippen molar-refractivity contribution in [3.8, 4) is 0 Å². The van der Waals surface area contributed by atoms with Crippen LogP contribution in [0, 0.1) is 0 Å². The normalized spacial score (nSPS) is 14.3. The van der Waals surface area contributed by atoms with Crippen LogP contribution in [0.4, 0.5) is 0 Å². The molecule has 0 unspecified atom stereocenters. The van der Waals surface area contributed by atoms with Crippen molar-refractivity contribution in [3.63, 3.8) is 0 Å². The first kappa shape index (κ1) is 7.88. The van der Waals surface area contributed by atoms with E-state index >= 15 is 0 Å². The van der Waals surface area contributed by atoms with E-state index in [1.165, 1.54) is 15.1 Å². The fourth-order valence-electron chi connectivity index (χ4n) is 1.59. The third-order valence-corrected chi connectivity index (χ3v) is 3.31. The maximum absolute atomic E-state index is 4.39. The van der Waals surface area contributed by atoms with Gasteiger partial charge in [0.1, 0.15) is 0 Å². The van der Waals surface area contributed by atoms with Gasteiger partial charge in [-0.15, -0.1) is 11.3 Å². The van der Waals surface area contributed by atoms with E-state index in [2.05, 4.69) is 28.2 Å². The number of aromatic nitrogens is 1. The molecule has 68 valence electrons. The van der Waals surface area contributed by atoms with Crippen LogP contribution in [0.1, 0.15) is 10.4 Å². The highest BCUT2D eigenvalue weighted by molar-refractivity contribution is 7.20. The summed E-state index contributed by atoms with van der Waals surface area (Å²) in [5, 5.41) is 0. The molecule has 0 aliphatic carbocycles. The Kier molecular flexibility index (Phi) is 1.70. The lowest BCUT2D eigenvalue weighted by atomic mass is 10.2. The Morgan fingerprint density at radius 3 is 3.36 bits per heavy atom. The molecule has 0 radical (unpaired) electrons. The van der Waals surface area contributed by atoms with Crippen molar-refractivity contribution >= 4 is 33.8 Å². The number of thiophene rings is 1. The minimum absolute atomic E-state index is 0.774. The minimum atomic E-state index is 0.774. The van der Waals surface area contributed by atoms with Crippen LogP contribution in [0.5, 0.6) is 0 Å². The van der Waals surface area contributed by atoms with E-state index in [9.17, 15) is 0 Å². The number of aliphatic imine (C=N–C) groups is 1. The zero-order chi connectivity index (χ0) is 9.38. The minimum Gasteiger partial charge on any atom is -0.288 e. The quantitative estimate of drug-likeness (QED) is 0.642. The van der Waals surface area contributed by atoms with E-state index in [0.717, 1.165) is 12.1 Å². The van der Waals surface area contributed by atoms with Crippen molar-refractivity contribution in [3.05, 3.63) is 34.8 Å². The van der Waals surface area contributed by atoms with Gasteiger partial charge in [0.2, 0.25) is 0 Å². The highest BCUT2D eigenvalue weighted by Crippen LogP contribution is 2.30. The van der Waals surface area contributed by atoms with Crippen LogP contribution in [0.2, 0.25) is 0 Å². The topological polar surface area (TPSA) is 25.2 Å². The molecule has 0 bridgehead atoms. The van der Waals surface area contributed by atoms with Crippen molar-refractivity contribution < 1.29 is 0 Å². The average molecular weight is 200 g/mol. The summed E-state index contributed by atoms with van der Waals surface area (Å²) >= 11 is 1.75. The summed E-state index contributed by atoms with van der Waals surface area (Å²) in [6.07, 6.45) is 7.98. The molecular formula is C11H8N2S. The van der Waals surface area contributed by atoms with Gasteiger partial charge >= 0.3 is 0 Å². The van der Waals surface area contributed by atoms with Crippen molar-refractivity contribution in [1.29, 1.82) is 0 Å². The van der Waals surface area contributed by atoms with E-state index < -0.39 is 0 Å². The lowest BCUT2D eigenvalue weighted by Gasteiger charge is -1.89. The Balaban J connectivity index is 2.41. The lowest BCUT2D eigenvalue weighted by Crippen LogP contribution is -1.78. The monoisotopic (exact) mass is 200 g/mol. The fourth-order valence-corrected chi connectivity index (χ4v) is 2.63. The summed E-state index contributed by atoms with van der Waals surface area (Å²) < 4.78 is 1.23. The van der Waals surface area contributed by atoms with Gasteiger partial charge in [-0.1, -0.05) is 12.2 Å². The lowest BCUT2D eigenvalue weighted by molar-refractivity contribution is 1.27. The highest BCUT2D eigenvalue weighted by Gasteiger charge is 2.09. The van der Waals surface area contributed by atoms with Crippen LogP contribution in [-0.2, 0) is 0 Å². The number of rotatable bonds is 0. The third-order valence-electron chi connectivity index (χ3n) is 2.22. The molecule has 3 heterocycles. The summed E-state index contributed by atoms with van der Waals surface area (Å²) in [5.41, 5.74) is 2.31. The van der Waals surface area contributed by atoms with Crippen LogP contribution in [-0.4, -0.2) is 17.7 Å². The molecule has 0 spiro atoms. The molecule has 2 nitrogen and oxygen atoms in total. The van der Waals surface area contributed by atoms with Crippen LogP contribution in [0.3, 0.4) is 0 Å². The SMILES string of the molecule is C1=Cc2c(sc3cccnc23)C=NC1. The van der Waals surface area contributed by atoms with Crippen LogP contribution in [0.15, 0.2) is 29.4 Å². The molecule has 0 atom stereocenters. The average Bonchev–Trinajstić information content (AvgIpc) is 2.42. The van der Waals surface area contributed by atoms with Crippen LogP contribution < -0.4 is 0 Å². The van der Waals surface area contributed by atoms with Crippen LogP contribution >= 0.6 is 11.3 Å². The van der Waals surface area contributed by atoms with Crippen molar-refractivity contribution in [2.45, 2.75) is 0 Å². The molecule has 3 rings (SSSR count). The third kappa shape index (κ3) is 1.09. The second kappa shape index (κ2) is 3.03. The van der Waals surface area contributed by atoms with Gasteiger partial charge in [0.05, 0.1) is 21.6 Å². The molecule has 0 aromatic carbocycles. The summed E-state index contributed by atoms with van der Waals surface area (Å²) in [4.78, 5) is 9.89. The standard InChI is InChI=1S/C11H8N2S/c1-3-8-10(7-12-5-1)14-9-4-2-6-13-11(8)9/h1-4,6-7H,5H2. The highest BCUT2D eigenvalue weighted by atomic mass is 32.1. The van der Waals surface area contributed by atoms with Gasteiger partial charge in [0.15, 0.2) is 0 Å². The van der Waals surface area contributed by atoms with E-state index in [4.69, 9.17) is 0 Å². The van der Waals surface area contributed by atoms with Gasteiger partial charge < -0.3 is 0 Å². The molecule has 0 N–H and O–H groups in total. The second-order valence-electron chi connectivity index (χ2n) is 3.13. The number of hydrogen-bond acceptors (Lipinski definition) is 3. The Morgan fingerprint density at radius 2 is 2.36 bits per heavy atom. The number of pyridine rings is 1. The fraction of sp³-hybridized carbons (Fsp3) is 0.0909. The molecule has 0 amide bonds. The van der Waals surface area contributed by atoms with Gasteiger partial charge in [-0.2, -0.15) is 0 Å². The first-order valence-corrected chi connectivity index (χ1v) is 5.31. The Labute approximate surface area is 85.6 Å². The largest absolute Gasteiger partial charge is 0.288 e. The predicted octanol–water partition coefficient (Wildman–Crippen LogP) is 2.74. The predicted molar refractivity (Wildman–Crippen MR) is 61.1 cm³/mol. The first-order chi connectivity index (χ1) is 6.95. The molecule has 14 heavy (non-hydrogen) atoms. The molecule has 0 saturated heterocycles. The van der Waals surface area contributed by atoms with Crippen LogP contribution in [0.25, 0.3) is 16.3 Å². The Morgan fingerprint density at radius 1 is 1.36 bits per heavy atom. The maximum atomic E-state index is 4.39. The summed E-state index contributed by atoms with van der Waals surface area (Å²) in [7, 11) is 0. The summed E-state index contributed by atoms with van der Waals surface area (Å²) in [6, 6.07) is 4.07. The van der Waals surface area contributed by atoms with Crippen molar-refractivity contribution in [2.75, 3.05) is 6.54 Å². The zero-order valence-corrected chi connectivity index (χ0v) is 8.29. The van der Waals surface area contributed by atoms with E-state index in [0.29, 0.717) is 0 Å². The van der Waals surface area contributed by atoms with Gasteiger partial charge in [-0.3, -0.25) is 9.98 Å². The van der Waals surface area contributed by atoms with Crippen molar-refractivity contribution in [2.24, 2.45) is 4.99 Å². The Hall–Kier alpha value is -1.48. The smallest absolute Gasteiger partial charge is 0.0888 e. The number of nitrogens with zero attached hydrogens (tertiary/aromatic N) is 2. The van der Waals surface area contributed by atoms with Gasteiger partial charge in [-0.05, 0) is 12.1 Å². The van der Waals surface area contributed by atoms with E-state index in [1.54, 1.807) is 11.3 Å². The maximum Gasteiger partial charge on any atom is 0.0888 e. The van der Waals surface area contributed by atoms with E-state index in [-0.39, 0.29) is 0 Å². The summed E-state index contributed by atoms with van der Waals surface area (Å²) in [5.74, 6) is 0. The molecule has 0 fully saturated rings. The van der Waals surface area contributed by atoms with Gasteiger partial charge in [-0.25, -0.2) is 0 Å². The number of fused-ring (bicyclic) bond motifs is 3. The van der Waals surface area contributed by atoms with Crippen molar-refractivity contribution in [1.82, 2.24) is 4.98 Å². The van der Waals surface area contributed by atoms with E-state index in [1.807, 2.05) is 18.5 Å². The molecule has 1 aliphatic rings. The second-order valence-corrected chi connectivity index (χ2v) is 4.21. The molecule has 2 aromatic heterocycles. The summed E-state index contributed by atoms with van der Waals surface area (Å²) in [6.45, 7) is 0.774.